The van der Waals surface area contributed by atoms with Crippen molar-refractivity contribution >= 4 is 48.6 Å². The summed E-state index contributed by atoms with van der Waals surface area (Å²) in [5.74, 6) is 0. The highest BCUT2D eigenvalue weighted by Crippen LogP contribution is 2.56. The molecule has 2 heterocycles. The Bertz CT molecular complexity index is 3380. The standard InChI is InChI=1S/C60H40N2S/c1-2-14-41(15-3-1)42-27-29-43(30-28-42)45-16-12-17-49(40-45)62(47-35-31-44(32-36-47)50-21-13-22-54-53-20-6-9-25-57(53)63-59(50)54)48-37-33-46(34-38-48)60(58-26-10-11-39-61-58)55-23-7-4-18-51(55)52-19-5-8-24-56(52)60/h1-40H. The van der Waals surface area contributed by atoms with Gasteiger partial charge in [-0.15, -0.1) is 11.3 Å². The van der Waals surface area contributed by atoms with Crippen LogP contribution in [0.15, 0.2) is 243 Å². The highest BCUT2D eigenvalue weighted by molar-refractivity contribution is 7.26. The Morgan fingerprint density at radius 1 is 0.365 bits per heavy atom. The van der Waals surface area contributed by atoms with E-state index in [2.05, 4.69) is 235 Å². The first-order chi connectivity index (χ1) is 31.2. The number of hydrogen-bond donors (Lipinski definition) is 0. The van der Waals surface area contributed by atoms with Gasteiger partial charge < -0.3 is 4.90 Å². The second-order valence-electron chi connectivity index (χ2n) is 16.3. The topological polar surface area (TPSA) is 16.1 Å². The highest BCUT2D eigenvalue weighted by atomic mass is 32.1. The molecule has 63 heavy (non-hydrogen) atoms. The van der Waals surface area contributed by atoms with E-state index in [9.17, 15) is 0 Å². The Balaban J connectivity index is 0.989. The number of anilines is 3. The number of thiophene rings is 1. The van der Waals surface area contributed by atoms with Gasteiger partial charge in [0.15, 0.2) is 0 Å². The lowest BCUT2D eigenvalue weighted by Gasteiger charge is -2.33. The number of fused-ring (bicyclic) bond motifs is 6. The van der Waals surface area contributed by atoms with Crippen LogP contribution < -0.4 is 4.90 Å². The predicted molar refractivity (Wildman–Crippen MR) is 265 cm³/mol. The summed E-state index contributed by atoms with van der Waals surface area (Å²) in [7, 11) is 0. The van der Waals surface area contributed by atoms with Crippen molar-refractivity contribution in [3.63, 3.8) is 0 Å². The van der Waals surface area contributed by atoms with Crippen LogP contribution in [0.3, 0.4) is 0 Å². The van der Waals surface area contributed by atoms with Crippen molar-refractivity contribution in [2.24, 2.45) is 0 Å². The maximum atomic E-state index is 5.08. The van der Waals surface area contributed by atoms with Crippen molar-refractivity contribution < 1.29 is 0 Å². The van der Waals surface area contributed by atoms with E-state index in [0.717, 1.165) is 28.3 Å². The largest absolute Gasteiger partial charge is 0.310 e. The van der Waals surface area contributed by atoms with Gasteiger partial charge in [0.1, 0.15) is 0 Å². The van der Waals surface area contributed by atoms with Crippen LogP contribution in [0, 0.1) is 0 Å². The Hall–Kier alpha value is -7.85. The number of benzene rings is 9. The number of rotatable bonds is 8. The Kier molecular flexibility index (Phi) is 8.95. The quantitative estimate of drug-likeness (QED) is 0.152. The Morgan fingerprint density at radius 3 is 1.62 bits per heavy atom. The highest BCUT2D eigenvalue weighted by Gasteiger charge is 2.47. The summed E-state index contributed by atoms with van der Waals surface area (Å²) in [6, 6.07) is 86.1. The van der Waals surface area contributed by atoms with E-state index in [1.165, 1.54) is 75.8 Å². The molecule has 2 aromatic heterocycles. The van der Waals surface area contributed by atoms with Gasteiger partial charge in [0, 0.05) is 43.4 Å². The molecule has 0 aliphatic heterocycles. The molecule has 0 spiro atoms. The zero-order valence-corrected chi connectivity index (χ0v) is 35.2. The molecule has 0 fully saturated rings. The van der Waals surface area contributed by atoms with Crippen LogP contribution in [0.1, 0.15) is 22.4 Å². The molecule has 1 aliphatic carbocycles. The normalized spacial score (nSPS) is 12.6. The van der Waals surface area contributed by atoms with Crippen LogP contribution in [0.4, 0.5) is 17.1 Å². The molecule has 0 bridgehead atoms. The van der Waals surface area contributed by atoms with Crippen LogP contribution in [0.2, 0.25) is 0 Å². The average Bonchev–Trinajstić information content (AvgIpc) is 3.90. The molecule has 2 nitrogen and oxygen atoms in total. The SMILES string of the molecule is c1ccc(-c2ccc(-c3cccc(N(c4ccc(-c5cccc6c5sc5ccccc56)cc4)c4ccc(C5(c6ccccn6)c6ccccc6-c6ccccc65)cc4)c3)cc2)cc1. The van der Waals surface area contributed by atoms with Crippen LogP contribution in [-0.2, 0) is 5.41 Å². The summed E-state index contributed by atoms with van der Waals surface area (Å²) in [6.45, 7) is 0. The van der Waals surface area contributed by atoms with Crippen molar-refractivity contribution in [3.05, 3.63) is 265 Å². The summed E-state index contributed by atoms with van der Waals surface area (Å²) in [5, 5.41) is 2.62. The number of pyridine rings is 1. The summed E-state index contributed by atoms with van der Waals surface area (Å²) in [6.07, 6.45) is 1.92. The predicted octanol–water partition coefficient (Wildman–Crippen LogP) is 16.3. The van der Waals surface area contributed by atoms with Crippen LogP contribution in [0.5, 0.6) is 0 Å². The van der Waals surface area contributed by atoms with Crippen molar-refractivity contribution in [2.75, 3.05) is 4.90 Å². The van der Waals surface area contributed by atoms with Crippen molar-refractivity contribution in [1.29, 1.82) is 0 Å². The smallest absolute Gasteiger partial charge is 0.0885 e. The maximum Gasteiger partial charge on any atom is 0.0885 e. The number of nitrogens with zero attached hydrogens (tertiary/aromatic N) is 2. The molecule has 9 aromatic carbocycles. The fraction of sp³-hybridized carbons (Fsp3) is 0.0167. The van der Waals surface area contributed by atoms with Gasteiger partial charge in [0.2, 0.25) is 0 Å². The molecular formula is C60H40N2S. The van der Waals surface area contributed by atoms with E-state index < -0.39 is 5.41 Å². The number of aromatic nitrogens is 1. The third-order valence-electron chi connectivity index (χ3n) is 12.8. The summed E-state index contributed by atoms with van der Waals surface area (Å²) in [4.78, 5) is 7.46. The molecular weight excluding hydrogens is 781 g/mol. The van der Waals surface area contributed by atoms with Crippen LogP contribution in [0.25, 0.3) is 64.7 Å². The minimum absolute atomic E-state index is 0.571. The second-order valence-corrected chi connectivity index (χ2v) is 17.3. The second kappa shape index (κ2) is 15.3. The van der Waals surface area contributed by atoms with Gasteiger partial charge in [0.05, 0.1) is 11.1 Å². The van der Waals surface area contributed by atoms with Crippen LogP contribution >= 0.6 is 11.3 Å². The fourth-order valence-electron chi connectivity index (χ4n) is 9.94. The average molecular weight is 821 g/mol. The maximum absolute atomic E-state index is 5.08. The molecule has 296 valence electrons. The van der Waals surface area contributed by atoms with E-state index >= 15 is 0 Å². The molecule has 0 atom stereocenters. The molecule has 0 saturated carbocycles. The fourth-order valence-corrected chi connectivity index (χ4v) is 11.2. The third kappa shape index (κ3) is 6.12. The lowest BCUT2D eigenvalue weighted by atomic mass is 9.70. The molecule has 0 N–H and O–H groups in total. The first-order valence-corrected chi connectivity index (χ1v) is 22.3. The van der Waals surface area contributed by atoms with Gasteiger partial charge in [-0.3, -0.25) is 4.98 Å². The molecule has 0 unspecified atom stereocenters. The molecule has 0 radical (unpaired) electrons. The molecule has 12 rings (SSSR count). The van der Waals surface area contributed by atoms with E-state index in [0.29, 0.717) is 0 Å². The summed E-state index contributed by atoms with van der Waals surface area (Å²) < 4.78 is 2.64. The van der Waals surface area contributed by atoms with Gasteiger partial charge >= 0.3 is 0 Å². The van der Waals surface area contributed by atoms with Gasteiger partial charge in [-0.1, -0.05) is 182 Å². The van der Waals surface area contributed by atoms with Gasteiger partial charge in [0.25, 0.3) is 0 Å². The number of hydrogen-bond acceptors (Lipinski definition) is 3. The van der Waals surface area contributed by atoms with E-state index in [-0.39, 0.29) is 0 Å². The van der Waals surface area contributed by atoms with Gasteiger partial charge in [-0.05, 0) is 116 Å². The molecule has 0 amide bonds. The summed E-state index contributed by atoms with van der Waals surface area (Å²) >= 11 is 1.87. The lowest BCUT2D eigenvalue weighted by molar-refractivity contribution is 0.734. The molecule has 11 aromatic rings. The lowest BCUT2D eigenvalue weighted by Crippen LogP contribution is -2.29. The molecule has 3 heteroatoms. The first kappa shape index (κ1) is 37.0. The molecule has 0 saturated heterocycles. The Morgan fingerprint density at radius 2 is 0.905 bits per heavy atom. The Labute approximate surface area is 371 Å². The van der Waals surface area contributed by atoms with E-state index in [1.807, 2.05) is 23.6 Å². The third-order valence-corrected chi connectivity index (χ3v) is 14.1. The van der Waals surface area contributed by atoms with Crippen LogP contribution in [-0.4, -0.2) is 4.98 Å². The minimum Gasteiger partial charge on any atom is -0.310 e. The zero-order valence-electron chi connectivity index (χ0n) is 34.4. The molecule has 1 aliphatic rings. The minimum atomic E-state index is -0.571. The monoisotopic (exact) mass is 820 g/mol. The van der Waals surface area contributed by atoms with Crippen molar-refractivity contribution in [1.82, 2.24) is 4.98 Å². The van der Waals surface area contributed by atoms with E-state index in [4.69, 9.17) is 4.98 Å². The van der Waals surface area contributed by atoms with Gasteiger partial charge in [-0.2, -0.15) is 0 Å². The van der Waals surface area contributed by atoms with E-state index in [1.54, 1.807) is 0 Å². The van der Waals surface area contributed by atoms with Crippen molar-refractivity contribution in [2.45, 2.75) is 5.41 Å². The van der Waals surface area contributed by atoms with Crippen molar-refractivity contribution in [3.8, 4) is 44.5 Å². The summed E-state index contributed by atoms with van der Waals surface area (Å²) in [5.41, 5.74) is 17.1. The zero-order chi connectivity index (χ0) is 41.7. The first-order valence-electron chi connectivity index (χ1n) is 21.5. The van der Waals surface area contributed by atoms with Gasteiger partial charge in [-0.25, -0.2) is 0 Å².